The van der Waals surface area contributed by atoms with Gasteiger partial charge in [-0.05, 0) is 5.56 Å². The summed E-state index contributed by atoms with van der Waals surface area (Å²) in [5.74, 6) is -0.310. The van der Waals surface area contributed by atoms with Crippen LogP contribution in [0, 0.1) is 0 Å². The van der Waals surface area contributed by atoms with E-state index < -0.39 is 0 Å². The highest BCUT2D eigenvalue weighted by molar-refractivity contribution is 5.91. The van der Waals surface area contributed by atoms with Gasteiger partial charge in [-0.1, -0.05) is 36.4 Å². The van der Waals surface area contributed by atoms with E-state index in [-0.39, 0.29) is 11.9 Å². The van der Waals surface area contributed by atoms with E-state index in [0.717, 1.165) is 5.56 Å². The molecule has 1 aliphatic rings. The van der Waals surface area contributed by atoms with Gasteiger partial charge in [0.15, 0.2) is 0 Å². The number of esters is 1. The molecule has 1 aliphatic heterocycles. The number of benzene rings is 1. The quantitative estimate of drug-likeness (QED) is 0.729. The second-order valence-corrected chi connectivity index (χ2v) is 3.97. The van der Waals surface area contributed by atoms with E-state index in [2.05, 4.69) is 0 Å². The molecule has 0 aliphatic carbocycles. The van der Waals surface area contributed by atoms with Crippen molar-refractivity contribution < 1.29 is 9.53 Å². The van der Waals surface area contributed by atoms with Gasteiger partial charge in [-0.25, -0.2) is 4.79 Å². The molecule has 1 aromatic rings. The second-order valence-electron chi connectivity index (χ2n) is 3.97. The molecule has 2 rings (SSSR count). The zero-order valence-corrected chi connectivity index (χ0v) is 9.96. The van der Waals surface area contributed by atoms with Crippen LogP contribution in [-0.2, 0) is 9.53 Å². The van der Waals surface area contributed by atoms with Crippen LogP contribution in [0.25, 0.3) is 0 Å². The maximum atomic E-state index is 11.7. The summed E-state index contributed by atoms with van der Waals surface area (Å²) in [5, 5.41) is 0. The summed E-state index contributed by atoms with van der Waals surface area (Å²) in [6.07, 6.45) is 5.76. The zero-order valence-electron chi connectivity index (χ0n) is 9.96. The summed E-state index contributed by atoms with van der Waals surface area (Å²) >= 11 is 0. The van der Waals surface area contributed by atoms with Crippen molar-refractivity contribution in [3.63, 3.8) is 0 Å². The van der Waals surface area contributed by atoms with Crippen LogP contribution >= 0.6 is 0 Å². The Morgan fingerprint density at radius 1 is 1.29 bits per heavy atom. The van der Waals surface area contributed by atoms with Gasteiger partial charge in [-0.2, -0.15) is 0 Å². The lowest BCUT2D eigenvalue weighted by Gasteiger charge is -2.23. The zero-order chi connectivity index (χ0) is 12.3. The van der Waals surface area contributed by atoms with Gasteiger partial charge < -0.3 is 9.64 Å². The SMILES string of the molecule is COC(=O)C1=CN(C)C=CC1c1ccccc1. The van der Waals surface area contributed by atoms with Gasteiger partial charge in [0.05, 0.1) is 12.7 Å². The molecule has 17 heavy (non-hydrogen) atoms. The van der Waals surface area contributed by atoms with Crippen LogP contribution < -0.4 is 0 Å². The van der Waals surface area contributed by atoms with Crippen molar-refractivity contribution in [1.82, 2.24) is 4.90 Å². The lowest BCUT2D eigenvalue weighted by atomic mass is 9.90. The average Bonchev–Trinajstić information content (AvgIpc) is 2.38. The minimum atomic E-state index is -0.282. The molecule has 1 atom stereocenters. The molecule has 0 bridgehead atoms. The molecule has 1 aromatic carbocycles. The lowest BCUT2D eigenvalue weighted by molar-refractivity contribution is -0.136. The maximum Gasteiger partial charge on any atom is 0.336 e. The van der Waals surface area contributed by atoms with Crippen molar-refractivity contribution in [2.24, 2.45) is 0 Å². The minimum Gasteiger partial charge on any atom is -0.466 e. The largest absolute Gasteiger partial charge is 0.466 e. The molecule has 0 N–H and O–H groups in total. The molecular weight excluding hydrogens is 214 g/mol. The van der Waals surface area contributed by atoms with Crippen LogP contribution in [0.2, 0.25) is 0 Å². The monoisotopic (exact) mass is 229 g/mol. The van der Waals surface area contributed by atoms with E-state index in [1.807, 2.05) is 60.8 Å². The van der Waals surface area contributed by atoms with Crippen LogP contribution in [0.15, 0.2) is 54.4 Å². The minimum absolute atomic E-state index is 0.0279. The highest BCUT2D eigenvalue weighted by Crippen LogP contribution is 2.29. The molecule has 0 saturated carbocycles. The summed E-state index contributed by atoms with van der Waals surface area (Å²) in [6, 6.07) is 9.92. The first kappa shape index (κ1) is 11.5. The molecule has 3 nitrogen and oxygen atoms in total. The Morgan fingerprint density at radius 3 is 2.65 bits per heavy atom. The van der Waals surface area contributed by atoms with Gasteiger partial charge in [0.2, 0.25) is 0 Å². The normalized spacial score (nSPS) is 18.8. The Labute approximate surface area is 101 Å². The molecule has 0 amide bonds. The van der Waals surface area contributed by atoms with Crippen molar-refractivity contribution in [1.29, 1.82) is 0 Å². The molecule has 3 heteroatoms. The number of methoxy groups -OCH3 is 1. The third-order valence-corrected chi connectivity index (χ3v) is 2.77. The summed E-state index contributed by atoms with van der Waals surface area (Å²) in [7, 11) is 3.30. The summed E-state index contributed by atoms with van der Waals surface area (Å²) in [5.41, 5.74) is 1.75. The van der Waals surface area contributed by atoms with E-state index in [0.29, 0.717) is 5.57 Å². The molecule has 0 spiro atoms. The smallest absolute Gasteiger partial charge is 0.336 e. The van der Waals surface area contributed by atoms with Crippen molar-refractivity contribution in [3.8, 4) is 0 Å². The first-order valence-electron chi connectivity index (χ1n) is 5.47. The van der Waals surface area contributed by atoms with Crippen LogP contribution in [0.4, 0.5) is 0 Å². The highest BCUT2D eigenvalue weighted by atomic mass is 16.5. The molecule has 0 fully saturated rings. The maximum absolute atomic E-state index is 11.7. The molecule has 0 saturated heterocycles. The second kappa shape index (κ2) is 4.87. The first-order chi connectivity index (χ1) is 8.22. The fraction of sp³-hybridized carbons (Fsp3) is 0.214. The Kier molecular flexibility index (Phi) is 3.28. The standard InChI is InChI=1S/C14H15NO2/c1-15-9-8-12(11-6-4-3-5-7-11)13(10-15)14(16)17-2/h3-10,12H,1-2H3. The Balaban J connectivity index is 2.36. The van der Waals surface area contributed by atoms with Crippen LogP contribution in [-0.4, -0.2) is 25.0 Å². The van der Waals surface area contributed by atoms with Crippen LogP contribution in [0.3, 0.4) is 0 Å². The third-order valence-electron chi connectivity index (χ3n) is 2.77. The molecule has 1 heterocycles. The number of hydrogen-bond donors (Lipinski definition) is 0. The van der Waals surface area contributed by atoms with Crippen LogP contribution in [0.1, 0.15) is 11.5 Å². The third kappa shape index (κ3) is 2.38. The Hall–Kier alpha value is -2.03. The molecule has 0 aromatic heterocycles. The van der Waals surface area contributed by atoms with Gasteiger partial charge in [0.25, 0.3) is 0 Å². The number of ether oxygens (including phenoxy) is 1. The van der Waals surface area contributed by atoms with Crippen molar-refractivity contribution in [2.75, 3.05) is 14.2 Å². The number of nitrogens with zero attached hydrogens (tertiary/aromatic N) is 1. The molecule has 1 unspecified atom stereocenters. The molecule has 88 valence electrons. The number of allylic oxidation sites excluding steroid dienone is 1. The number of carbonyl (C=O) groups is 1. The topological polar surface area (TPSA) is 29.5 Å². The van der Waals surface area contributed by atoms with Gasteiger partial charge in [0, 0.05) is 25.4 Å². The van der Waals surface area contributed by atoms with Gasteiger partial charge >= 0.3 is 5.97 Å². The van der Waals surface area contributed by atoms with E-state index in [1.54, 1.807) is 0 Å². The van der Waals surface area contributed by atoms with Crippen LogP contribution in [0.5, 0.6) is 0 Å². The fourth-order valence-corrected chi connectivity index (χ4v) is 1.92. The summed E-state index contributed by atoms with van der Waals surface area (Å²) in [6.45, 7) is 0. The number of hydrogen-bond acceptors (Lipinski definition) is 3. The number of carbonyl (C=O) groups excluding carboxylic acids is 1. The van der Waals surface area contributed by atoms with Gasteiger partial charge in [0.1, 0.15) is 0 Å². The average molecular weight is 229 g/mol. The van der Waals surface area contributed by atoms with Gasteiger partial charge in [-0.15, -0.1) is 0 Å². The highest BCUT2D eigenvalue weighted by Gasteiger charge is 2.23. The number of rotatable bonds is 2. The van der Waals surface area contributed by atoms with Crippen molar-refractivity contribution >= 4 is 5.97 Å². The van der Waals surface area contributed by atoms with Crippen molar-refractivity contribution in [2.45, 2.75) is 5.92 Å². The van der Waals surface area contributed by atoms with Gasteiger partial charge in [-0.3, -0.25) is 0 Å². The van der Waals surface area contributed by atoms with Crippen molar-refractivity contribution in [3.05, 3.63) is 59.9 Å². The Morgan fingerprint density at radius 2 is 2.00 bits per heavy atom. The Bertz CT molecular complexity index is 462. The summed E-state index contributed by atoms with van der Waals surface area (Å²) in [4.78, 5) is 13.6. The first-order valence-corrected chi connectivity index (χ1v) is 5.47. The van der Waals surface area contributed by atoms with E-state index in [4.69, 9.17) is 4.74 Å². The molecule has 0 radical (unpaired) electrons. The van der Waals surface area contributed by atoms with E-state index >= 15 is 0 Å². The lowest BCUT2D eigenvalue weighted by Crippen LogP contribution is -2.19. The van der Waals surface area contributed by atoms with E-state index in [1.165, 1.54) is 7.11 Å². The van der Waals surface area contributed by atoms with E-state index in [9.17, 15) is 4.79 Å². The molecular formula is C14H15NO2. The fourth-order valence-electron chi connectivity index (χ4n) is 1.92. The summed E-state index contributed by atoms with van der Waals surface area (Å²) < 4.78 is 4.82. The predicted octanol–water partition coefficient (Wildman–Crippen LogP) is 2.29. The predicted molar refractivity (Wildman–Crippen MR) is 66.2 cm³/mol.